The minimum absolute atomic E-state index is 0.0148. The SMILES string of the molecule is CCC(N)(CC)C(=O)N1CC[C@@H](O)C1. The van der Waals surface area contributed by atoms with E-state index in [2.05, 4.69) is 0 Å². The molecule has 1 saturated heterocycles. The Morgan fingerprint density at radius 2 is 2.14 bits per heavy atom. The van der Waals surface area contributed by atoms with Crippen molar-refractivity contribution in [3.8, 4) is 0 Å². The molecule has 0 spiro atoms. The Labute approximate surface area is 85.1 Å². The van der Waals surface area contributed by atoms with Gasteiger partial charge in [0.05, 0.1) is 11.6 Å². The molecule has 0 aromatic rings. The molecule has 3 N–H and O–H groups in total. The standard InChI is InChI=1S/C10H20N2O2/c1-3-10(11,4-2)9(14)12-6-5-8(13)7-12/h8,13H,3-7,11H2,1-2H3/t8-/m1/s1. The summed E-state index contributed by atoms with van der Waals surface area (Å²) < 4.78 is 0. The second-order valence-corrected chi connectivity index (χ2v) is 4.06. The average Bonchev–Trinajstić information content (AvgIpc) is 2.62. The quantitative estimate of drug-likeness (QED) is 0.679. The van der Waals surface area contributed by atoms with Gasteiger partial charge in [0.1, 0.15) is 0 Å². The molecule has 0 unspecified atom stereocenters. The Balaban J connectivity index is 2.64. The van der Waals surface area contributed by atoms with Crippen LogP contribution in [-0.4, -0.2) is 40.6 Å². The maximum absolute atomic E-state index is 12.0. The minimum Gasteiger partial charge on any atom is -0.391 e. The highest BCUT2D eigenvalue weighted by molar-refractivity contribution is 5.86. The summed E-state index contributed by atoms with van der Waals surface area (Å²) in [5, 5.41) is 9.32. The number of carbonyl (C=O) groups is 1. The number of carbonyl (C=O) groups excluding carboxylic acids is 1. The predicted molar refractivity (Wildman–Crippen MR) is 54.7 cm³/mol. The topological polar surface area (TPSA) is 66.6 Å². The van der Waals surface area contributed by atoms with Gasteiger partial charge in [-0.3, -0.25) is 4.79 Å². The first-order valence-corrected chi connectivity index (χ1v) is 5.29. The molecule has 0 saturated carbocycles. The first-order chi connectivity index (χ1) is 6.53. The van der Waals surface area contributed by atoms with E-state index in [4.69, 9.17) is 5.73 Å². The number of aliphatic hydroxyl groups is 1. The number of hydrogen-bond donors (Lipinski definition) is 2. The van der Waals surface area contributed by atoms with Crippen LogP contribution in [0.5, 0.6) is 0 Å². The molecule has 0 radical (unpaired) electrons. The molecule has 1 fully saturated rings. The van der Waals surface area contributed by atoms with Gasteiger partial charge < -0.3 is 15.7 Å². The Morgan fingerprint density at radius 1 is 1.57 bits per heavy atom. The number of β-amino-alcohol motifs (C(OH)–C–C–N with tert-alkyl or cyclic N) is 1. The van der Waals surface area contributed by atoms with Crippen molar-refractivity contribution in [1.29, 1.82) is 0 Å². The van der Waals surface area contributed by atoms with Gasteiger partial charge in [-0.05, 0) is 19.3 Å². The van der Waals surface area contributed by atoms with Gasteiger partial charge in [0.2, 0.25) is 5.91 Å². The van der Waals surface area contributed by atoms with Crippen molar-refractivity contribution in [2.75, 3.05) is 13.1 Å². The van der Waals surface area contributed by atoms with Crippen molar-refractivity contribution in [2.45, 2.75) is 44.8 Å². The van der Waals surface area contributed by atoms with Crippen LogP contribution in [0.1, 0.15) is 33.1 Å². The fraction of sp³-hybridized carbons (Fsp3) is 0.900. The Bertz CT molecular complexity index is 214. The van der Waals surface area contributed by atoms with E-state index >= 15 is 0 Å². The molecule has 4 nitrogen and oxygen atoms in total. The Kier molecular flexibility index (Phi) is 3.50. The smallest absolute Gasteiger partial charge is 0.242 e. The summed E-state index contributed by atoms with van der Waals surface area (Å²) in [5.74, 6) is -0.0148. The van der Waals surface area contributed by atoms with Gasteiger partial charge >= 0.3 is 0 Å². The number of amides is 1. The zero-order valence-corrected chi connectivity index (χ0v) is 8.99. The first-order valence-electron chi connectivity index (χ1n) is 5.29. The summed E-state index contributed by atoms with van der Waals surface area (Å²) in [6, 6.07) is 0. The van der Waals surface area contributed by atoms with Crippen molar-refractivity contribution in [1.82, 2.24) is 4.90 Å². The summed E-state index contributed by atoms with van der Waals surface area (Å²) in [6.45, 7) is 4.93. The van der Waals surface area contributed by atoms with Crippen LogP contribution in [0.3, 0.4) is 0 Å². The van der Waals surface area contributed by atoms with E-state index in [0.29, 0.717) is 32.4 Å². The third kappa shape index (κ3) is 2.07. The monoisotopic (exact) mass is 200 g/mol. The average molecular weight is 200 g/mol. The van der Waals surface area contributed by atoms with E-state index < -0.39 is 5.54 Å². The lowest BCUT2D eigenvalue weighted by Gasteiger charge is -2.30. The van der Waals surface area contributed by atoms with Gasteiger partial charge in [-0.25, -0.2) is 0 Å². The van der Waals surface area contributed by atoms with Crippen LogP contribution in [0.4, 0.5) is 0 Å². The van der Waals surface area contributed by atoms with Crippen molar-refractivity contribution in [3.63, 3.8) is 0 Å². The zero-order chi connectivity index (χ0) is 10.8. The lowest BCUT2D eigenvalue weighted by Crippen LogP contribution is -2.54. The van der Waals surface area contributed by atoms with Gasteiger partial charge in [0.15, 0.2) is 0 Å². The third-order valence-electron chi connectivity index (χ3n) is 3.14. The first kappa shape index (κ1) is 11.5. The van der Waals surface area contributed by atoms with Gasteiger partial charge in [-0.2, -0.15) is 0 Å². The summed E-state index contributed by atoms with van der Waals surface area (Å²) in [7, 11) is 0. The van der Waals surface area contributed by atoms with Crippen LogP contribution in [0.25, 0.3) is 0 Å². The van der Waals surface area contributed by atoms with Gasteiger partial charge in [0.25, 0.3) is 0 Å². The Hall–Kier alpha value is -0.610. The molecule has 1 atom stereocenters. The van der Waals surface area contributed by atoms with Gasteiger partial charge in [-0.15, -0.1) is 0 Å². The van der Waals surface area contributed by atoms with E-state index in [1.54, 1.807) is 4.90 Å². The highest BCUT2D eigenvalue weighted by atomic mass is 16.3. The molecule has 1 rings (SSSR count). The summed E-state index contributed by atoms with van der Waals surface area (Å²) >= 11 is 0. The number of hydrogen-bond acceptors (Lipinski definition) is 3. The molecule has 1 amide bonds. The lowest BCUT2D eigenvalue weighted by atomic mass is 9.92. The van der Waals surface area contributed by atoms with Crippen molar-refractivity contribution < 1.29 is 9.90 Å². The van der Waals surface area contributed by atoms with Crippen molar-refractivity contribution >= 4 is 5.91 Å². The summed E-state index contributed by atoms with van der Waals surface area (Å²) in [6.07, 6.45) is 1.61. The maximum atomic E-state index is 12.0. The molecule has 0 aliphatic carbocycles. The van der Waals surface area contributed by atoms with E-state index in [1.807, 2.05) is 13.8 Å². The molecule has 1 heterocycles. The number of likely N-dealkylation sites (tertiary alicyclic amines) is 1. The molecule has 1 aliphatic heterocycles. The molecule has 1 aliphatic rings. The number of nitrogens with zero attached hydrogens (tertiary/aromatic N) is 1. The fourth-order valence-electron chi connectivity index (χ4n) is 1.79. The molecule has 0 aromatic heterocycles. The second kappa shape index (κ2) is 4.28. The molecule has 82 valence electrons. The molecule has 0 aromatic carbocycles. The molecular formula is C10H20N2O2. The van der Waals surface area contributed by atoms with E-state index in [-0.39, 0.29) is 12.0 Å². The molecule has 14 heavy (non-hydrogen) atoms. The van der Waals surface area contributed by atoms with E-state index in [9.17, 15) is 9.90 Å². The van der Waals surface area contributed by atoms with Crippen LogP contribution in [0, 0.1) is 0 Å². The van der Waals surface area contributed by atoms with E-state index in [0.717, 1.165) is 0 Å². The van der Waals surface area contributed by atoms with Crippen molar-refractivity contribution in [2.24, 2.45) is 5.73 Å². The van der Waals surface area contributed by atoms with Crippen LogP contribution in [0.15, 0.2) is 0 Å². The molecule has 4 heteroatoms. The predicted octanol–water partition coefficient (Wildman–Crippen LogP) is 0.0971. The van der Waals surface area contributed by atoms with Crippen LogP contribution in [-0.2, 0) is 4.79 Å². The summed E-state index contributed by atoms with van der Waals surface area (Å²) in [5.41, 5.74) is 5.26. The van der Waals surface area contributed by atoms with Crippen molar-refractivity contribution in [3.05, 3.63) is 0 Å². The second-order valence-electron chi connectivity index (χ2n) is 4.06. The van der Waals surface area contributed by atoms with Crippen LogP contribution in [0.2, 0.25) is 0 Å². The van der Waals surface area contributed by atoms with Gasteiger partial charge in [-0.1, -0.05) is 13.8 Å². The Morgan fingerprint density at radius 3 is 2.50 bits per heavy atom. The minimum atomic E-state index is -0.732. The number of nitrogens with two attached hydrogens (primary N) is 1. The number of aliphatic hydroxyl groups excluding tert-OH is 1. The number of rotatable bonds is 3. The highest BCUT2D eigenvalue weighted by Gasteiger charge is 2.36. The fourth-order valence-corrected chi connectivity index (χ4v) is 1.79. The van der Waals surface area contributed by atoms with Gasteiger partial charge in [0, 0.05) is 13.1 Å². The van der Waals surface area contributed by atoms with E-state index in [1.165, 1.54) is 0 Å². The van der Waals surface area contributed by atoms with Crippen LogP contribution < -0.4 is 5.73 Å². The maximum Gasteiger partial charge on any atom is 0.242 e. The summed E-state index contributed by atoms with van der Waals surface area (Å²) in [4.78, 5) is 13.6. The molecular weight excluding hydrogens is 180 g/mol. The normalized spacial score (nSPS) is 22.9. The molecule has 0 bridgehead atoms. The zero-order valence-electron chi connectivity index (χ0n) is 8.99. The van der Waals surface area contributed by atoms with Crippen LogP contribution >= 0.6 is 0 Å². The highest BCUT2D eigenvalue weighted by Crippen LogP contribution is 2.19. The lowest BCUT2D eigenvalue weighted by molar-refractivity contribution is -0.136. The largest absolute Gasteiger partial charge is 0.391 e. The third-order valence-corrected chi connectivity index (χ3v) is 3.14.